The van der Waals surface area contributed by atoms with E-state index < -0.39 is 32.3 Å². The minimum Gasteiger partial charge on any atom is -0.444 e. The Kier molecular flexibility index (Phi) is 16.3. The first-order chi connectivity index (χ1) is 32.1. The van der Waals surface area contributed by atoms with Crippen LogP contribution in [0, 0.1) is 0 Å². The number of amides is 2. The highest BCUT2D eigenvalue weighted by molar-refractivity contribution is 9.10. The van der Waals surface area contributed by atoms with E-state index in [4.69, 9.17) is 47.4 Å². The minimum atomic E-state index is -0.518. The lowest BCUT2D eigenvalue weighted by atomic mass is 9.49. The Bertz CT molecular complexity index is 2390. The van der Waals surface area contributed by atoms with Crippen LogP contribution in [0.4, 0.5) is 15.3 Å². The maximum Gasteiger partial charge on any atom is 0.494 e. The van der Waals surface area contributed by atoms with Crippen molar-refractivity contribution in [3.05, 3.63) is 52.3 Å². The highest BCUT2D eigenvalue weighted by Crippen LogP contribution is 2.43. The molecule has 20 heteroatoms. The minimum absolute atomic E-state index is 0. The summed E-state index contributed by atoms with van der Waals surface area (Å²) in [4.78, 5) is 41.6. The van der Waals surface area contributed by atoms with Crippen molar-refractivity contribution in [2.75, 3.05) is 13.1 Å². The number of H-pyrrole nitrogens is 1. The number of likely N-dealkylation sites (tertiary alicyclic amines) is 2. The van der Waals surface area contributed by atoms with Gasteiger partial charge in [-0.3, -0.25) is 14.8 Å². The molecule has 0 saturated carbocycles. The van der Waals surface area contributed by atoms with Crippen LogP contribution in [0.2, 0.25) is 0 Å². The second-order valence-electron chi connectivity index (χ2n) is 24.5. The maximum absolute atomic E-state index is 12.6. The third kappa shape index (κ3) is 12.5. The molecule has 2 atom stereocenters. The van der Waals surface area contributed by atoms with Crippen LogP contribution in [0.1, 0.15) is 168 Å². The second-order valence-corrected chi connectivity index (χ2v) is 25.4. The third-order valence-electron chi connectivity index (χ3n) is 15.0. The van der Waals surface area contributed by atoms with E-state index in [2.05, 4.69) is 27.0 Å². The zero-order valence-corrected chi connectivity index (χ0v) is 48.1. The molecule has 5 fully saturated rings. The molecule has 2 amide bonds. The van der Waals surface area contributed by atoms with Crippen molar-refractivity contribution < 1.29 is 47.0 Å². The Hall–Kier alpha value is -3.10. The number of fused-ring (bicyclic) bond motifs is 2. The number of carbonyl (C=O) groups excluding carboxylic acids is 2. The molecule has 1 unspecified atom stereocenters. The number of imidazole rings is 1. The molecule has 5 saturated heterocycles. The van der Waals surface area contributed by atoms with Gasteiger partial charge in [-0.15, -0.1) is 0 Å². The summed E-state index contributed by atoms with van der Waals surface area (Å²) in [5.41, 5.74) is 2.86. The number of ether oxygens (including phenoxy) is 2. The standard InChI is InChI=1S/C22H32BN3O4.C17H21BrN2O2.C12H24B2O4.H2S/c1-20(2,3)28-19(27)26-12-8-9-17(26)18-24-15-11-10-14(13-16(15)25-18)23-29-21(4,5)22(6,7)30-23;1-17(2,3)22-16(21)20-8-4-5-15(20)14-10-11-9-12(18)6-7-13(11)19-14;1-9(2)10(3,4)16-13(15-9)14-17-11(5,6)12(7,8)18-14;/h10-11,13,17H,8-9,12H2,1-7H3,(H,24,25);6-7,9,15H,4-5,8,10H2,1-3H3;1-8H3;1H2/t;15-;;/m.0../s1. The van der Waals surface area contributed by atoms with E-state index >= 15 is 0 Å². The molecule has 0 radical (unpaired) electrons. The van der Waals surface area contributed by atoms with Crippen LogP contribution in [-0.2, 0) is 43.8 Å². The Morgan fingerprint density at radius 3 is 1.59 bits per heavy atom. The summed E-state index contributed by atoms with van der Waals surface area (Å²) in [7, 11) is -1.37. The number of nitrogens with zero attached hydrogens (tertiary/aromatic N) is 4. The zero-order chi connectivity index (χ0) is 51.8. The fourth-order valence-corrected chi connectivity index (χ4v) is 9.37. The Balaban J connectivity index is 0.000000179. The molecule has 2 aromatic carbocycles. The molecule has 0 aliphatic carbocycles. The summed E-state index contributed by atoms with van der Waals surface area (Å²) in [5, 5.41) is 0. The summed E-state index contributed by atoms with van der Waals surface area (Å²) in [5.74, 6) is 0.791. The molecular formula is C51H79B3BrN5O10S. The molecule has 71 heavy (non-hydrogen) atoms. The van der Waals surface area contributed by atoms with Gasteiger partial charge in [-0.2, -0.15) is 13.5 Å². The SMILES string of the molecule is CC(C)(C)OC(=O)N1CCCC1c1nc2ccc(B3OC(C)(C)C(C)(C)O3)cc2[nH]1.CC(C)(C)OC(=O)N1CCC[C@H]1C1=Nc2ccc(Br)cc2C1.CC1(C)OB(B2OC(C)(C)C(C)(C)O2)OC1(C)C.S. The highest BCUT2D eigenvalue weighted by Gasteiger charge is 2.64. The highest BCUT2D eigenvalue weighted by atomic mass is 79.9. The molecule has 1 aromatic heterocycles. The molecule has 7 heterocycles. The van der Waals surface area contributed by atoms with Gasteiger partial charge in [0.05, 0.1) is 62.4 Å². The van der Waals surface area contributed by atoms with Crippen LogP contribution in [0.3, 0.4) is 0 Å². The lowest BCUT2D eigenvalue weighted by Gasteiger charge is -2.32. The topological polar surface area (TPSA) is 156 Å². The van der Waals surface area contributed by atoms with E-state index in [-0.39, 0.29) is 71.4 Å². The summed E-state index contributed by atoms with van der Waals surface area (Å²) in [6.07, 6.45) is 4.07. The maximum atomic E-state index is 12.6. The van der Waals surface area contributed by atoms with E-state index in [1.807, 2.05) is 160 Å². The van der Waals surface area contributed by atoms with Gasteiger partial charge in [-0.25, -0.2) is 14.6 Å². The molecule has 3 aromatic rings. The van der Waals surface area contributed by atoms with E-state index in [1.54, 1.807) is 4.90 Å². The van der Waals surface area contributed by atoms with E-state index in [1.165, 1.54) is 5.56 Å². The number of rotatable bonds is 4. The number of aromatic nitrogens is 2. The number of aromatic amines is 1. The van der Waals surface area contributed by atoms with Crippen LogP contribution in [-0.4, -0.2) is 123 Å². The van der Waals surface area contributed by atoms with Crippen LogP contribution < -0.4 is 5.46 Å². The van der Waals surface area contributed by atoms with Crippen LogP contribution >= 0.6 is 29.4 Å². The summed E-state index contributed by atoms with van der Waals surface area (Å²) < 4.78 is 48.4. The zero-order valence-electron chi connectivity index (χ0n) is 45.5. The number of carbonyl (C=O) groups is 2. The van der Waals surface area contributed by atoms with Gasteiger partial charge < -0.3 is 42.4 Å². The lowest BCUT2D eigenvalue weighted by molar-refractivity contribution is 0.00578. The van der Waals surface area contributed by atoms with Crippen molar-refractivity contribution in [2.24, 2.45) is 4.99 Å². The predicted molar refractivity (Wildman–Crippen MR) is 290 cm³/mol. The van der Waals surface area contributed by atoms with Crippen LogP contribution in [0.15, 0.2) is 45.9 Å². The van der Waals surface area contributed by atoms with Gasteiger partial charge in [-0.05, 0) is 192 Å². The van der Waals surface area contributed by atoms with Crippen molar-refractivity contribution in [3.8, 4) is 0 Å². The molecule has 0 spiro atoms. The monoisotopic (exact) mass is 1070 g/mol. The molecule has 15 nitrogen and oxygen atoms in total. The van der Waals surface area contributed by atoms with Gasteiger partial charge in [0.1, 0.15) is 17.0 Å². The van der Waals surface area contributed by atoms with Crippen molar-refractivity contribution >= 4 is 90.6 Å². The normalized spacial score (nSPS) is 24.4. The number of nitrogens with one attached hydrogen (secondary N) is 1. The number of aliphatic imine (C=N–C) groups is 1. The molecule has 9 rings (SSSR count). The van der Waals surface area contributed by atoms with Crippen molar-refractivity contribution in [1.29, 1.82) is 0 Å². The van der Waals surface area contributed by atoms with E-state index in [0.29, 0.717) is 6.54 Å². The second kappa shape index (κ2) is 20.2. The molecule has 1 N–H and O–H groups in total. The van der Waals surface area contributed by atoms with Crippen LogP contribution in [0.5, 0.6) is 0 Å². The smallest absolute Gasteiger partial charge is 0.444 e. The lowest BCUT2D eigenvalue weighted by Crippen LogP contribution is -2.43. The Morgan fingerprint density at radius 2 is 1.11 bits per heavy atom. The van der Waals surface area contributed by atoms with E-state index in [9.17, 15) is 9.59 Å². The van der Waals surface area contributed by atoms with Gasteiger partial charge in [0.15, 0.2) is 0 Å². The van der Waals surface area contributed by atoms with Gasteiger partial charge >= 0.3 is 33.3 Å². The fourth-order valence-electron chi connectivity index (χ4n) is 8.96. The van der Waals surface area contributed by atoms with Gasteiger partial charge in [-0.1, -0.05) is 22.0 Å². The Morgan fingerprint density at radius 1 is 0.662 bits per heavy atom. The molecule has 6 aliphatic rings. The fraction of sp³-hybridized carbons (Fsp3) is 0.686. The average molecular weight is 1070 g/mol. The van der Waals surface area contributed by atoms with Gasteiger partial charge in [0.2, 0.25) is 0 Å². The van der Waals surface area contributed by atoms with Crippen molar-refractivity contribution in [3.63, 3.8) is 0 Å². The summed E-state index contributed by atoms with van der Waals surface area (Å²) in [6, 6.07) is 12.1. The van der Waals surface area contributed by atoms with Crippen molar-refractivity contribution in [2.45, 2.75) is 214 Å². The summed E-state index contributed by atoms with van der Waals surface area (Å²) >= 11 is 3.50. The number of benzene rings is 2. The predicted octanol–water partition coefficient (Wildman–Crippen LogP) is 10.8. The van der Waals surface area contributed by atoms with Gasteiger partial charge in [0, 0.05) is 29.7 Å². The first-order valence-corrected chi connectivity index (χ1v) is 25.8. The average Bonchev–Trinajstić information content (AvgIpc) is 4.07. The largest absolute Gasteiger partial charge is 0.494 e. The Labute approximate surface area is 439 Å². The first kappa shape index (κ1) is 57.2. The number of hydrogen-bond donors (Lipinski definition) is 1. The number of hydrogen-bond acceptors (Lipinski definition) is 12. The first-order valence-electron chi connectivity index (χ1n) is 25.0. The quantitative estimate of drug-likeness (QED) is 0.248. The molecule has 6 aliphatic heterocycles. The van der Waals surface area contributed by atoms with Crippen LogP contribution in [0.25, 0.3) is 11.0 Å². The van der Waals surface area contributed by atoms with Crippen molar-refractivity contribution in [1.82, 2.24) is 19.8 Å². The molecular weight excluding hydrogens is 987 g/mol. The number of halogens is 1. The molecule has 390 valence electrons. The van der Waals surface area contributed by atoms with Gasteiger partial charge in [0.25, 0.3) is 0 Å². The summed E-state index contributed by atoms with van der Waals surface area (Å²) in [6.45, 7) is 37.2. The molecule has 0 bridgehead atoms. The van der Waals surface area contributed by atoms with E-state index in [0.717, 1.165) is 76.8 Å². The third-order valence-corrected chi connectivity index (χ3v) is 15.4.